The van der Waals surface area contributed by atoms with Gasteiger partial charge in [0.2, 0.25) is 0 Å². The van der Waals surface area contributed by atoms with Crippen molar-refractivity contribution >= 4 is 33.7 Å². The van der Waals surface area contributed by atoms with Gasteiger partial charge in [-0.15, -0.1) is 0 Å². The highest BCUT2D eigenvalue weighted by Gasteiger charge is 2.27. The van der Waals surface area contributed by atoms with Crippen LogP contribution in [0.25, 0.3) is 0 Å². The molecule has 0 spiro atoms. The van der Waals surface area contributed by atoms with E-state index in [1.165, 1.54) is 30.7 Å². The predicted molar refractivity (Wildman–Crippen MR) is 145 cm³/mol. The van der Waals surface area contributed by atoms with Crippen LogP contribution in [0.15, 0.2) is 89.1 Å². The molecule has 1 aliphatic rings. The summed E-state index contributed by atoms with van der Waals surface area (Å²) < 4.78 is 38.4. The van der Waals surface area contributed by atoms with Crippen molar-refractivity contribution in [2.24, 2.45) is 5.10 Å². The molecule has 1 aliphatic heterocycles. The van der Waals surface area contributed by atoms with Crippen molar-refractivity contribution in [1.29, 1.82) is 0 Å². The summed E-state index contributed by atoms with van der Waals surface area (Å²) in [5.41, 5.74) is 3.26. The molecule has 1 atom stereocenters. The van der Waals surface area contributed by atoms with E-state index in [0.29, 0.717) is 17.9 Å². The Morgan fingerprint density at radius 2 is 1.87 bits per heavy atom. The second kappa shape index (κ2) is 13.5. The standard InChI is InChI=1S/C27H29N5O6S/c33-26(19-32(22-6-4-14-28-17-22)39(35,36)25-8-2-1-3-9-25)31-30-16-21-10-12-23(13-11-21)38-20-27(34)29-18-24-7-5-15-37-24/h1-4,6,8-14,16-17,24H,5,7,15,18-20H2,(H,29,34)(H,31,33)/b30-16-/t24-/m1/s1. The van der Waals surface area contributed by atoms with E-state index in [1.807, 2.05) is 0 Å². The number of anilines is 1. The molecular formula is C27H29N5O6S. The van der Waals surface area contributed by atoms with E-state index in [2.05, 4.69) is 20.8 Å². The van der Waals surface area contributed by atoms with E-state index in [-0.39, 0.29) is 29.2 Å². The summed E-state index contributed by atoms with van der Waals surface area (Å²) in [6, 6.07) is 17.7. The van der Waals surface area contributed by atoms with Gasteiger partial charge in [-0.2, -0.15) is 5.10 Å². The van der Waals surface area contributed by atoms with Gasteiger partial charge in [-0.1, -0.05) is 18.2 Å². The molecule has 0 unspecified atom stereocenters. The molecule has 4 rings (SSSR count). The number of aromatic nitrogens is 1. The summed E-state index contributed by atoms with van der Waals surface area (Å²) >= 11 is 0. The zero-order valence-corrected chi connectivity index (χ0v) is 21.9. The number of hydrazone groups is 1. The fourth-order valence-electron chi connectivity index (χ4n) is 3.76. The van der Waals surface area contributed by atoms with Crippen molar-refractivity contribution in [2.75, 3.05) is 30.6 Å². The highest BCUT2D eigenvalue weighted by molar-refractivity contribution is 7.92. The van der Waals surface area contributed by atoms with Crippen molar-refractivity contribution < 1.29 is 27.5 Å². The van der Waals surface area contributed by atoms with Gasteiger partial charge >= 0.3 is 0 Å². The third-order valence-corrected chi connectivity index (χ3v) is 7.54. The van der Waals surface area contributed by atoms with Crippen LogP contribution in [-0.4, -0.2) is 63.8 Å². The highest BCUT2D eigenvalue weighted by Crippen LogP contribution is 2.22. The average molecular weight is 552 g/mol. The van der Waals surface area contributed by atoms with Crippen molar-refractivity contribution in [3.05, 3.63) is 84.7 Å². The zero-order valence-electron chi connectivity index (χ0n) is 21.1. The number of benzene rings is 2. The van der Waals surface area contributed by atoms with Crippen LogP contribution in [0.1, 0.15) is 18.4 Å². The second-order valence-electron chi connectivity index (χ2n) is 8.63. The van der Waals surface area contributed by atoms with Gasteiger partial charge in [0.05, 0.1) is 29.1 Å². The minimum atomic E-state index is -4.02. The van der Waals surface area contributed by atoms with Crippen LogP contribution < -0.4 is 19.8 Å². The third-order valence-electron chi connectivity index (χ3n) is 5.76. The summed E-state index contributed by atoms with van der Waals surface area (Å²) in [6.45, 7) is 0.593. The first-order valence-corrected chi connectivity index (χ1v) is 13.8. The Morgan fingerprint density at radius 3 is 2.56 bits per heavy atom. The molecule has 1 saturated heterocycles. The number of nitrogens with one attached hydrogen (secondary N) is 2. The first-order valence-electron chi connectivity index (χ1n) is 12.3. The maximum Gasteiger partial charge on any atom is 0.264 e. The summed E-state index contributed by atoms with van der Waals surface area (Å²) in [6.07, 6.45) is 6.32. The second-order valence-corrected chi connectivity index (χ2v) is 10.5. The number of nitrogens with zero attached hydrogens (tertiary/aromatic N) is 3. The summed E-state index contributed by atoms with van der Waals surface area (Å²) in [5.74, 6) is -0.362. The van der Waals surface area contributed by atoms with Gasteiger partial charge in [0.15, 0.2) is 6.61 Å². The Kier molecular flexibility index (Phi) is 9.59. The molecule has 11 nitrogen and oxygen atoms in total. The fourth-order valence-corrected chi connectivity index (χ4v) is 5.19. The lowest BCUT2D eigenvalue weighted by Gasteiger charge is -2.23. The molecule has 2 amide bonds. The minimum Gasteiger partial charge on any atom is -0.484 e. The SMILES string of the molecule is O=C(COc1ccc(/C=N\NC(=O)CN(c2cccnc2)S(=O)(=O)c2ccccc2)cc1)NC[C@H]1CCCO1. The van der Waals surface area contributed by atoms with Gasteiger partial charge in [-0.05, 0) is 66.9 Å². The lowest BCUT2D eigenvalue weighted by molar-refractivity contribution is -0.123. The van der Waals surface area contributed by atoms with Crippen LogP contribution in [0, 0.1) is 0 Å². The summed E-state index contributed by atoms with van der Waals surface area (Å²) in [4.78, 5) is 28.6. The molecule has 0 aliphatic carbocycles. The molecule has 0 saturated carbocycles. The van der Waals surface area contributed by atoms with Gasteiger partial charge in [0.25, 0.3) is 21.8 Å². The summed E-state index contributed by atoms with van der Waals surface area (Å²) in [5, 5.41) is 6.72. The smallest absolute Gasteiger partial charge is 0.264 e. The molecule has 1 aromatic heterocycles. The Bertz CT molecular complexity index is 1360. The number of sulfonamides is 1. The van der Waals surface area contributed by atoms with Gasteiger partial charge in [-0.3, -0.25) is 18.9 Å². The topological polar surface area (TPSA) is 139 Å². The predicted octanol–water partition coefficient (Wildman–Crippen LogP) is 2.10. The number of hydrogen-bond donors (Lipinski definition) is 2. The summed E-state index contributed by atoms with van der Waals surface area (Å²) in [7, 11) is -4.02. The maximum atomic E-state index is 13.2. The fraction of sp³-hybridized carbons (Fsp3) is 0.259. The minimum absolute atomic E-state index is 0.0489. The number of hydrogen-bond acceptors (Lipinski definition) is 8. The van der Waals surface area contributed by atoms with E-state index < -0.39 is 22.5 Å². The Balaban J connectivity index is 1.29. The molecule has 0 bridgehead atoms. The average Bonchev–Trinajstić information content (AvgIpc) is 3.49. The van der Waals surface area contributed by atoms with Crippen molar-refractivity contribution in [3.63, 3.8) is 0 Å². The molecule has 12 heteroatoms. The van der Waals surface area contributed by atoms with E-state index in [9.17, 15) is 18.0 Å². The molecule has 1 fully saturated rings. The van der Waals surface area contributed by atoms with E-state index >= 15 is 0 Å². The highest BCUT2D eigenvalue weighted by atomic mass is 32.2. The first-order chi connectivity index (χ1) is 18.9. The number of carbonyl (C=O) groups is 2. The largest absolute Gasteiger partial charge is 0.484 e. The van der Waals surface area contributed by atoms with Crippen LogP contribution in [0.4, 0.5) is 5.69 Å². The van der Waals surface area contributed by atoms with Crippen molar-refractivity contribution in [3.8, 4) is 5.75 Å². The zero-order chi connectivity index (χ0) is 27.5. The normalized spacial score (nSPS) is 15.1. The Morgan fingerprint density at radius 1 is 1.08 bits per heavy atom. The molecule has 204 valence electrons. The van der Waals surface area contributed by atoms with Gasteiger partial charge in [0.1, 0.15) is 12.3 Å². The Hall–Kier alpha value is -4.29. The van der Waals surface area contributed by atoms with Crippen LogP contribution in [-0.2, 0) is 24.3 Å². The maximum absolute atomic E-state index is 13.2. The lowest BCUT2D eigenvalue weighted by atomic mass is 10.2. The molecule has 2 N–H and O–H groups in total. The molecule has 2 aromatic carbocycles. The van der Waals surface area contributed by atoms with Gasteiger partial charge in [-0.25, -0.2) is 13.8 Å². The molecule has 3 aromatic rings. The third kappa shape index (κ3) is 8.09. The molecular weight excluding hydrogens is 522 g/mol. The number of rotatable bonds is 12. The van der Waals surface area contributed by atoms with Gasteiger partial charge < -0.3 is 14.8 Å². The van der Waals surface area contributed by atoms with E-state index in [4.69, 9.17) is 9.47 Å². The molecule has 2 heterocycles. The monoisotopic (exact) mass is 551 g/mol. The molecule has 39 heavy (non-hydrogen) atoms. The first kappa shape index (κ1) is 27.7. The van der Waals surface area contributed by atoms with E-state index in [1.54, 1.807) is 54.6 Å². The molecule has 0 radical (unpaired) electrons. The van der Waals surface area contributed by atoms with Crippen LogP contribution in [0.3, 0.4) is 0 Å². The van der Waals surface area contributed by atoms with Gasteiger partial charge in [0, 0.05) is 19.3 Å². The van der Waals surface area contributed by atoms with Crippen LogP contribution in [0.2, 0.25) is 0 Å². The number of ether oxygens (including phenoxy) is 2. The van der Waals surface area contributed by atoms with Crippen molar-refractivity contribution in [1.82, 2.24) is 15.7 Å². The Labute approximate surface area is 226 Å². The number of amides is 2. The number of pyridine rings is 1. The van der Waals surface area contributed by atoms with Crippen LogP contribution in [0.5, 0.6) is 5.75 Å². The quantitative estimate of drug-likeness (QED) is 0.260. The number of carbonyl (C=O) groups excluding carboxylic acids is 2. The lowest BCUT2D eigenvalue weighted by Crippen LogP contribution is -2.39. The van der Waals surface area contributed by atoms with Crippen molar-refractivity contribution in [2.45, 2.75) is 23.8 Å². The van der Waals surface area contributed by atoms with E-state index in [0.717, 1.165) is 23.8 Å². The van der Waals surface area contributed by atoms with Crippen LogP contribution >= 0.6 is 0 Å².